The van der Waals surface area contributed by atoms with E-state index in [1.807, 2.05) is 13.8 Å². The van der Waals surface area contributed by atoms with Crippen molar-refractivity contribution in [1.82, 2.24) is 15.0 Å². The topological polar surface area (TPSA) is 72.0 Å². The van der Waals surface area contributed by atoms with Crippen LogP contribution in [0.2, 0.25) is 0 Å². The lowest BCUT2D eigenvalue weighted by atomic mass is 10.1. The summed E-state index contributed by atoms with van der Waals surface area (Å²) >= 11 is 0. The third kappa shape index (κ3) is 7.11. The van der Waals surface area contributed by atoms with E-state index < -0.39 is 0 Å². The molecule has 1 rings (SSSR count). The average molecular weight is 295 g/mol. The summed E-state index contributed by atoms with van der Waals surface area (Å²) in [6.07, 6.45) is 6.22. The van der Waals surface area contributed by atoms with Crippen LogP contribution in [0, 0.1) is 0 Å². The molecule has 0 aliphatic heterocycles. The zero-order valence-corrected chi connectivity index (χ0v) is 13.9. The molecule has 2 N–H and O–H groups in total. The molecule has 1 unspecified atom stereocenters. The molecule has 1 aromatic rings. The van der Waals surface area contributed by atoms with Crippen LogP contribution in [0.25, 0.3) is 0 Å². The Morgan fingerprint density at radius 1 is 1.00 bits per heavy atom. The maximum absolute atomic E-state index is 5.55. The highest BCUT2D eigenvalue weighted by atomic mass is 16.5. The molecule has 21 heavy (non-hydrogen) atoms. The van der Waals surface area contributed by atoms with Crippen LogP contribution in [0.15, 0.2) is 0 Å². The van der Waals surface area contributed by atoms with E-state index in [9.17, 15) is 0 Å². The van der Waals surface area contributed by atoms with E-state index in [0.717, 1.165) is 6.42 Å². The first kappa shape index (κ1) is 17.5. The van der Waals surface area contributed by atoms with Crippen molar-refractivity contribution in [2.75, 3.05) is 17.7 Å². The molecule has 0 spiro atoms. The zero-order valence-electron chi connectivity index (χ0n) is 13.9. The van der Waals surface area contributed by atoms with Gasteiger partial charge in [0, 0.05) is 13.1 Å². The lowest BCUT2D eigenvalue weighted by Crippen LogP contribution is -2.19. The van der Waals surface area contributed by atoms with Crippen molar-refractivity contribution in [2.24, 2.45) is 0 Å². The van der Waals surface area contributed by atoms with Crippen LogP contribution in [0.3, 0.4) is 0 Å². The molecular weight excluding hydrogens is 266 g/mol. The highest BCUT2D eigenvalue weighted by Gasteiger charge is 2.10. The van der Waals surface area contributed by atoms with Gasteiger partial charge in [-0.3, -0.25) is 0 Å². The second kappa shape index (κ2) is 9.37. The summed E-state index contributed by atoms with van der Waals surface area (Å²) in [4.78, 5) is 12.8. The fraction of sp³-hybridized carbons (Fsp3) is 0.800. The highest BCUT2D eigenvalue weighted by molar-refractivity contribution is 5.35. The Morgan fingerprint density at radius 2 is 1.71 bits per heavy atom. The Bertz CT molecular complexity index is 411. The van der Waals surface area contributed by atoms with Gasteiger partial charge in [0.1, 0.15) is 0 Å². The number of hydrogen-bond acceptors (Lipinski definition) is 6. The molecule has 0 aliphatic rings. The molecule has 0 fully saturated rings. The van der Waals surface area contributed by atoms with Crippen LogP contribution in [0.1, 0.15) is 59.8 Å². The van der Waals surface area contributed by atoms with Crippen molar-refractivity contribution in [2.45, 2.75) is 71.9 Å². The molecule has 0 aromatic carbocycles. The van der Waals surface area contributed by atoms with Gasteiger partial charge in [0.15, 0.2) is 0 Å². The second-order valence-electron chi connectivity index (χ2n) is 5.58. The van der Waals surface area contributed by atoms with Crippen LogP contribution in [-0.2, 0) is 0 Å². The standard InChI is InChI=1S/C15H29N5O/c1-6-7-8-9-10-12(4)17-14-18-13(16-5)19-15(20-14)21-11(2)3/h11-12H,6-10H2,1-5H3,(H2,16,17,18,19,20). The summed E-state index contributed by atoms with van der Waals surface area (Å²) in [5, 5.41) is 6.26. The number of aromatic nitrogens is 3. The van der Waals surface area contributed by atoms with Gasteiger partial charge in [-0.1, -0.05) is 32.6 Å². The van der Waals surface area contributed by atoms with Gasteiger partial charge in [-0.05, 0) is 27.2 Å². The number of nitrogens with zero attached hydrogens (tertiary/aromatic N) is 3. The SMILES string of the molecule is CCCCCCC(C)Nc1nc(NC)nc(OC(C)C)n1. The van der Waals surface area contributed by atoms with Gasteiger partial charge in [-0.15, -0.1) is 0 Å². The van der Waals surface area contributed by atoms with Gasteiger partial charge in [-0.2, -0.15) is 15.0 Å². The first-order valence-corrected chi connectivity index (χ1v) is 7.92. The van der Waals surface area contributed by atoms with Crippen molar-refractivity contribution in [3.63, 3.8) is 0 Å². The maximum Gasteiger partial charge on any atom is 0.323 e. The van der Waals surface area contributed by atoms with E-state index in [1.165, 1.54) is 25.7 Å². The Labute approximate surface area is 128 Å². The van der Waals surface area contributed by atoms with Crippen LogP contribution in [-0.4, -0.2) is 34.1 Å². The molecule has 0 amide bonds. The Morgan fingerprint density at radius 3 is 2.33 bits per heavy atom. The van der Waals surface area contributed by atoms with E-state index in [1.54, 1.807) is 7.05 Å². The molecule has 0 bridgehead atoms. The quantitative estimate of drug-likeness (QED) is 0.644. The highest BCUT2D eigenvalue weighted by Crippen LogP contribution is 2.14. The zero-order chi connectivity index (χ0) is 15.7. The fourth-order valence-corrected chi connectivity index (χ4v) is 1.97. The van der Waals surface area contributed by atoms with E-state index in [-0.39, 0.29) is 6.10 Å². The minimum Gasteiger partial charge on any atom is -0.461 e. The summed E-state index contributed by atoms with van der Waals surface area (Å²) in [6.45, 7) is 8.28. The summed E-state index contributed by atoms with van der Waals surface area (Å²) < 4.78 is 5.55. The lowest BCUT2D eigenvalue weighted by Gasteiger charge is -2.15. The van der Waals surface area contributed by atoms with Crippen molar-refractivity contribution in [1.29, 1.82) is 0 Å². The van der Waals surface area contributed by atoms with E-state index >= 15 is 0 Å². The van der Waals surface area contributed by atoms with E-state index in [0.29, 0.717) is 23.9 Å². The van der Waals surface area contributed by atoms with Gasteiger partial charge in [-0.25, -0.2) is 0 Å². The predicted octanol–water partition coefficient (Wildman–Crippen LogP) is 3.47. The molecule has 0 radical (unpaired) electrons. The lowest BCUT2D eigenvalue weighted by molar-refractivity contribution is 0.222. The maximum atomic E-state index is 5.55. The van der Waals surface area contributed by atoms with Crippen molar-refractivity contribution < 1.29 is 4.74 Å². The molecule has 0 aliphatic carbocycles. The number of hydrogen-bond donors (Lipinski definition) is 2. The van der Waals surface area contributed by atoms with Crippen molar-refractivity contribution in [3.05, 3.63) is 0 Å². The number of ether oxygens (including phenoxy) is 1. The Balaban J connectivity index is 2.59. The monoisotopic (exact) mass is 295 g/mol. The third-order valence-corrected chi connectivity index (χ3v) is 3.05. The summed E-state index contributed by atoms with van der Waals surface area (Å²) in [7, 11) is 1.78. The Kier molecular flexibility index (Phi) is 7.79. The second-order valence-corrected chi connectivity index (χ2v) is 5.58. The molecule has 0 saturated heterocycles. The number of anilines is 2. The fourth-order valence-electron chi connectivity index (χ4n) is 1.97. The summed E-state index contributed by atoms with van der Waals surface area (Å²) in [5.41, 5.74) is 0. The van der Waals surface area contributed by atoms with Crippen LogP contribution in [0.5, 0.6) is 6.01 Å². The molecule has 6 nitrogen and oxygen atoms in total. The van der Waals surface area contributed by atoms with Gasteiger partial charge >= 0.3 is 6.01 Å². The molecule has 120 valence electrons. The smallest absolute Gasteiger partial charge is 0.323 e. The minimum atomic E-state index is 0.0384. The van der Waals surface area contributed by atoms with Gasteiger partial charge < -0.3 is 15.4 Å². The van der Waals surface area contributed by atoms with Crippen molar-refractivity contribution in [3.8, 4) is 6.01 Å². The molecule has 1 atom stereocenters. The molecular formula is C15H29N5O. The van der Waals surface area contributed by atoms with Crippen LogP contribution in [0.4, 0.5) is 11.9 Å². The molecule has 6 heteroatoms. The minimum absolute atomic E-state index is 0.0384. The molecule has 1 heterocycles. The average Bonchev–Trinajstić information content (AvgIpc) is 2.42. The first-order chi connectivity index (χ1) is 10.0. The largest absolute Gasteiger partial charge is 0.461 e. The number of unbranched alkanes of at least 4 members (excludes halogenated alkanes) is 3. The number of nitrogens with one attached hydrogen (secondary N) is 2. The van der Waals surface area contributed by atoms with Gasteiger partial charge in [0.25, 0.3) is 0 Å². The summed E-state index contributed by atoms with van der Waals surface area (Å²) in [5.74, 6) is 1.08. The third-order valence-electron chi connectivity index (χ3n) is 3.05. The molecule has 1 aromatic heterocycles. The summed E-state index contributed by atoms with van der Waals surface area (Å²) in [6, 6.07) is 0.686. The van der Waals surface area contributed by atoms with Crippen molar-refractivity contribution >= 4 is 11.9 Å². The van der Waals surface area contributed by atoms with Gasteiger partial charge in [0.2, 0.25) is 11.9 Å². The van der Waals surface area contributed by atoms with Crippen LogP contribution < -0.4 is 15.4 Å². The van der Waals surface area contributed by atoms with E-state index in [2.05, 4.69) is 39.4 Å². The Hall–Kier alpha value is -1.59. The van der Waals surface area contributed by atoms with E-state index in [4.69, 9.17) is 4.74 Å². The van der Waals surface area contributed by atoms with Crippen LogP contribution >= 0.6 is 0 Å². The number of rotatable bonds is 10. The van der Waals surface area contributed by atoms with Gasteiger partial charge in [0.05, 0.1) is 6.10 Å². The normalized spacial score (nSPS) is 12.3. The molecule has 0 saturated carbocycles. The predicted molar refractivity (Wildman–Crippen MR) is 87.0 cm³/mol. The first-order valence-electron chi connectivity index (χ1n) is 7.92.